The number of hydrogen-bond donors (Lipinski definition) is 0. The van der Waals surface area contributed by atoms with E-state index in [2.05, 4.69) is 22.1 Å². The highest BCUT2D eigenvalue weighted by Gasteiger charge is 2.07. The molecule has 0 aliphatic heterocycles. The lowest BCUT2D eigenvalue weighted by molar-refractivity contribution is 0.309. The highest BCUT2D eigenvalue weighted by Crippen LogP contribution is 2.25. The Balaban J connectivity index is 1.78. The molecule has 3 rings (SSSR count). The van der Waals surface area contributed by atoms with Crippen molar-refractivity contribution in [3.8, 4) is 5.75 Å². The highest BCUT2D eigenvalue weighted by atomic mass is 16.5. The van der Waals surface area contributed by atoms with E-state index in [4.69, 9.17) is 4.74 Å². The standard InChI is InChI=1S/C19H22N4O/c1-4-5-12-24-17-9-7-16(8-10-17)21-22-19-15(3)20-18-11-6-14(2)13-23(18)19/h6-11,13H,4-5,12H2,1-3H3. The van der Waals surface area contributed by atoms with Gasteiger partial charge in [0.2, 0.25) is 0 Å². The van der Waals surface area contributed by atoms with Crippen LogP contribution in [-0.4, -0.2) is 16.0 Å². The minimum Gasteiger partial charge on any atom is -0.494 e. The number of aromatic nitrogens is 2. The molecule has 3 aromatic rings. The molecule has 0 atom stereocenters. The van der Waals surface area contributed by atoms with Gasteiger partial charge in [-0.1, -0.05) is 19.4 Å². The van der Waals surface area contributed by atoms with Gasteiger partial charge >= 0.3 is 0 Å². The van der Waals surface area contributed by atoms with Crippen molar-refractivity contribution in [2.45, 2.75) is 33.6 Å². The maximum Gasteiger partial charge on any atom is 0.182 e. The van der Waals surface area contributed by atoms with E-state index in [9.17, 15) is 0 Å². The van der Waals surface area contributed by atoms with E-state index in [0.29, 0.717) is 0 Å². The van der Waals surface area contributed by atoms with Gasteiger partial charge in [-0.3, -0.25) is 4.40 Å². The van der Waals surface area contributed by atoms with E-state index in [1.807, 2.05) is 60.8 Å². The fraction of sp³-hybridized carbons (Fsp3) is 0.316. The fourth-order valence-electron chi connectivity index (χ4n) is 2.43. The predicted octanol–water partition coefficient (Wildman–Crippen LogP) is 5.55. The van der Waals surface area contributed by atoms with Crippen molar-refractivity contribution in [1.29, 1.82) is 0 Å². The second-order valence-corrected chi connectivity index (χ2v) is 5.85. The van der Waals surface area contributed by atoms with Crippen LogP contribution in [0.3, 0.4) is 0 Å². The van der Waals surface area contributed by atoms with Crippen LogP contribution in [0.5, 0.6) is 5.75 Å². The molecule has 1 aromatic carbocycles. The van der Waals surface area contributed by atoms with Crippen LogP contribution in [0.1, 0.15) is 31.0 Å². The quantitative estimate of drug-likeness (QED) is 0.441. The second-order valence-electron chi connectivity index (χ2n) is 5.85. The average Bonchev–Trinajstić information content (AvgIpc) is 2.89. The van der Waals surface area contributed by atoms with Gasteiger partial charge in [0, 0.05) is 6.20 Å². The number of fused-ring (bicyclic) bond motifs is 1. The maximum atomic E-state index is 5.66. The molecule has 0 saturated heterocycles. The monoisotopic (exact) mass is 322 g/mol. The number of pyridine rings is 1. The Morgan fingerprint density at radius 1 is 1.04 bits per heavy atom. The number of aryl methyl sites for hydroxylation is 2. The summed E-state index contributed by atoms with van der Waals surface area (Å²) in [5.41, 5.74) is 3.69. The third-order valence-corrected chi connectivity index (χ3v) is 3.77. The maximum absolute atomic E-state index is 5.66. The Bertz CT molecular complexity index is 850. The zero-order chi connectivity index (χ0) is 16.9. The Morgan fingerprint density at radius 2 is 1.83 bits per heavy atom. The number of nitrogens with zero attached hydrogens (tertiary/aromatic N) is 4. The van der Waals surface area contributed by atoms with Gasteiger partial charge in [-0.25, -0.2) is 4.98 Å². The minimum absolute atomic E-state index is 0.748. The molecule has 124 valence electrons. The molecule has 2 heterocycles. The second kappa shape index (κ2) is 7.25. The van der Waals surface area contributed by atoms with Crippen molar-refractivity contribution in [3.05, 3.63) is 53.9 Å². The molecule has 5 heteroatoms. The molecule has 0 unspecified atom stereocenters. The lowest BCUT2D eigenvalue weighted by atomic mass is 10.3. The van der Waals surface area contributed by atoms with Crippen LogP contribution < -0.4 is 4.74 Å². The first kappa shape index (κ1) is 16.2. The number of imidazole rings is 1. The molecule has 0 spiro atoms. The van der Waals surface area contributed by atoms with E-state index in [-0.39, 0.29) is 0 Å². The number of hydrogen-bond acceptors (Lipinski definition) is 4. The summed E-state index contributed by atoms with van der Waals surface area (Å²) in [6.45, 7) is 6.89. The third-order valence-electron chi connectivity index (χ3n) is 3.77. The Hall–Kier alpha value is -2.69. The molecule has 0 fully saturated rings. The summed E-state index contributed by atoms with van der Waals surface area (Å²) >= 11 is 0. The topological polar surface area (TPSA) is 51.2 Å². The SMILES string of the molecule is CCCCOc1ccc(N=Nc2c(C)nc3ccc(C)cn23)cc1. The normalized spacial score (nSPS) is 11.5. The summed E-state index contributed by atoms with van der Waals surface area (Å²) in [6, 6.07) is 11.7. The van der Waals surface area contributed by atoms with Crippen molar-refractivity contribution in [2.75, 3.05) is 6.61 Å². The van der Waals surface area contributed by atoms with Gasteiger partial charge < -0.3 is 4.74 Å². The molecule has 0 N–H and O–H groups in total. The lowest BCUT2D eigenvalue weighted by Crippen LogP contribution is -1.95. The van der Waals surface area contributed by atoms with Gasteiger partial charge in [0.05, 0.1) is 18.0 Å². The average molecular weight is 322 g/mol. The van der Waals surface area contributed by atoms with Gasteiger partial charge in [-0.15, -0.1) is 10.2 Å². The van der Waals surface area contributed by atoms with E-state index < -0.39 is 0 Å². The smallest absolute Gasteiger partial charge is 0.182 e. The molecule has 0 bridgehead atoms. The first-order valence-corrected chi connectivity index (χ1v) is 8.27. The van der Waals surface area contributed by atoms with Gasteiger partial charge in [0.25, 0.3) is 0 Å². The zero-order valence-corrected chi connectivity index (χ0v) is 14.4. The third kappa shape index (κ3) is 3.62. The summed E-state index contributed by atoms with van der Waals surface area (Å²) < 4.78 is 7.62. The zero-order valence-electron chi connectivity index (χ0n) is 14.4. The fourth-order valence-corrected chi connectivity index (χ4v) is 2.43. The number of azo groups is 1. The minimum atomic E-state index is 0.748. The number of rotatable bonds is 6. The van der Waals surface area contributed by atoms with Crippen LogP contribution in [0.4, 0.5) is 11.5 Å². The molecule has 0 saturated carbocycles. The van der Waals surface area contributed by atoms with Gasteiger partial charge in [-0.05, 0) is 56.2 Å². The van der Waals surface area contributed by atoms with E-state index in [0.717, 1.165) is 53.6 Å². The van der Waals surface area contributed by atoms with Crippen LogP contribution >= 0.6 is 0 Å². The van der Waals surface area contributed by atoms with Crippen molar-refractivity contribution >= 4 is 17.2 Å². The van der Waals surface area contributed by atoms with Crippen molar-refractivity contribution in [2.24, 2.45) is 10.2 Å². The molecule has 0 aliphatic carbocycles. The lowest BCUT2D eigenvalue weighted by Gasteiger charge is -2.04. The molecule has 0 radical (unpaired) electrons. The largest absolute Gasteiger partial charge is 0.494 e. The highest BCUT2D eigenvalue weighted by molar-refractivity contribution is 5.52. The first-order valence-electron chi connectivity index (χ1n) is 8.27. The van der Waals surface area contributed by atoms with Gasteiger partial charge in [-0.2, -0.15) is 0 Å². The molecule has 2 aromatic heterocycles. The van der Waals surface area contributed by atoms with Crippen molar-refractivity contribution in [1.82, 2.24) is 9.38 Å². The van der Waals surface area contributed by atoms with Crippen LogP contribution in [0, 0.1) is 13.8 Å². The molecule has 0 amide bonds. The Kier molecular flexibility index (Phi) is 4.89. The van der Waals surface area contributed by atoms with Crippen LogP contribution in [0.15, 0.2) is 52.8 Å². The summed E-state index contributed by atoms with van der Waals surface area (Å²) in [7, 11) is 0. The van der Waals surface area contributed by atoms with Crippen LogP contribution in [-0.2, 0) is 0 Å². The van der Waals surface area contributed by atoms with Crippen molar-refractivity contribution < 1.29 is 4.74 Å². The number of unbranched alkanes of at least 4 members (excludes halogenated alkanes) is 1. The van der Waals surface area contributed by atoms with E-state index >= 15 is 0 Å². The van der Waals surface area contributed by atoms with Crippen LogP contribution in [0.25, 0.3) is 5.65 Å². The molecule has 24 heavy (non-hydrogen) atoms. The molecule has 0 aliphatic rings. The molecule has 5 nitrogen and oxygen atoms in total. The van der Waals surface area contributed by atoms with Crippen LogP contribution in [0.2, 0.25) is 0 Å². The van der Waals surface area contributed by atoms with E-state index in [1.165, 1.54) is 0 Å². The van der Waals surface area contributed by atoms with Gasteiger partial charge in [0.1, 0.15) is 11.4 Å². The summed E-state index contributed by atoms with van der Waals surface area (Å²) in [4.78, 5) is 4.51. The summed E-state index contributed by atoms with van der Waals surface area (Å²) in [5.74, 6) is 1.63. The van der Waals surface area contributed by atoms with E-state index in [1.54, 1.807) is 0 Å². The molecular formula is C19H22N4O. The Morgan fingerprint density at radius 3 is 2.58 bits per heavy atom. The predicted molar refractivity (Wildman–Crippen MR) is 95.7 cm³/mol. The number of ether oxygens (including phenoxy) is 1. The number of benzene rings is 1. The summed E-state index contributed by atoms with van der Waals surface area (Å²) in [5, 5.41) is 8.73. The van der Waals surface area contributed by atoms with Gasteiger partial charge in [0.15, 0.2) is 5.82 Å². The van der Waals surface area contributed by atoms with Crippen molar-refractivity contribution in [3.63, 3.8) is 0 Å². The summed E-state index contributed by atoms with van der Waals surface area (Å²) in [6.07, 6.45) is 4.22. The molecular weight excluding hydrogens is 300 g/mol. The first-order chi connectivity index (χ1) is 11.7. The Labute approximate surface area is 142 Å².